The topological polar surface area (TPSA) is 65.4 Å². The molecule has 1 unspecified atom stereocenters. The predicted octanol–water partition coefficient (Wildman–Crippen LogP) is 1.54. The van der Waals surface area contributed by atoms with Crippen molar-refractivity contribution in [3.8, 4) is 6.07 Å². The van der Waals surface area contributed by atoms with E-state index in [4.69, 9.17) is 10.00 Å². The van der Waals surface area contributed by atoms with Crippen LogP contribution in [0.1, 0.15) is 40.0 Å². The number of carbonyl (C=O) groups is 1. The molecule has 20 heavy (non-hydrogen) atoms. The highest BCUT2D eigenvalue weighted by Crippen LogP contribution is 2.15. The van der Waals surface area contributed by atoms with Crippen LogP contribution in [0, 0.1) is 16.7 Å². The van der Waals surface area contributed by atoms with Gasteiger partial charge in [-0.05, 0) is 18.3 Å². The summed E-state index contributed by atoms with van der Waals surface area (Å²) in [6.45, 7) is 9.61. The maximum absolute atomic E-state index is 12.0. The molecule has 1 rings (SSSR count). The Labute approximate surface area is 122 Å². The molecule has 1 heterocycles. The first-order valence-corrected chi connectivity index (χ1v) is 7.38. The van der Waals surface area contributed by atoms with E-state index in [1.807, 2.05) is 4.90 Å². The maximum atomic E-state index is 12.0. The van der Waals surface area contributed by atoms with Gasteiger partial charge < -0.3 is 10.1 Å². The van der Waals surface area contributed by atoms with Crippen LogP contribution >= 0.6 is 0 Å². The van der Waals surface area contributed by atoms with Crippen molar-refractivity contribution >= 4 is 5.91 Å². The van der Waals surface area contributed by atoms with Gasteiger partial charge in [0.05, 0.1) is 18.7 Å². The molecule has 1 fully saturated rings. The van der Waals surface area contributed by atoms with E-state index in [2.05, 4.69) is 32.2 Å². The first-order valence-electron chi connectivity index (χ1n) is 7.38. The Morgan fingerprint density at radius 1 is 1.50 bits per heavy atom. The number of hydrogen-bond acceptors (Lipinski definition) is 4. The van der Waals surface area contributed by atoms with Gasteiger partial charge >= 0.3 is 0 Å². The zero-order chi connectivity index (χ0) is 15.0. The molecule has 1 N–H and O–H groups in total. The van der Waals surface area contributed by atoms with E-state index in [1.54, 1.807) is 0 Å². The summed E-state index contributed by atoms with van der Waals surface area (Å²) in [4.78, 5) is 14.0. The van der Waals surface area contributed by atoms with E-state index in [0.717, 1.165) is 26.0 Å². The predicted molar refractivity (Wildman–Crippen MR) is 78.1 cm³/mol. The zero-order valence-corrected chi connectivity index (χ0v) is 12.9. The summed E-state index contributed by atoms with van der Waals surface area (Å²) in [5, 5.41) is 11.6. The third kappa shape index (κ3) is 7.46. The molecule has 5 nitrogen and oxygen atoms in total. The second-order valence-electron chi connectivity index (χ2n) is 6.62. The molecule has 0 spiro atoms. The number of carbonyl (C=O) groups excluding carboxylic acids is 1. The Bertz CT molecular complexity index is 338. The molecule has 1 saturated heterocycles. The smallest absolute Gasteiger partial charge is 0.234 e. The summed E-state index contributed by atoms with van der Waals surface area (Å²) in [7, 11) is 0. The fourth-order valence-corrected chi connectivity index (χ4v) is 2.38. The van der Waals surface area contributed by atoms with Gasteiger partial charge in [-0.2, -0.15) is 5.26 Å². The lowest BCUT2D eigenvalue weighted by Crippen LogP contribution is -2.43. The first-order chi connectivity index (χ1) is 9.40. The molecule has 0 aromatic heterocycles. The molecular formula is C15H27N3O2. The Morgan fingerprint density at radius 2 is 2.25 bits per heavy atom. The van der Waals surface area contributed by atoms with Crippen LogP contribution in [-0.2, 0) is 9.53 Å². The average molecular weight is 281 g/mol. The molecular weight excluding hydrogens is 254 g/mol. The van der Waals surface area contributed by atoms with Crippen molar-refractivity contribution in [2.24, 2.45) is 5.41 Å². The van der Waals surface area contributed by atoms with Gasteiger partial charge in [-0.3, -0.25) is 9.69 Å². The number of hydrogen-bond donors (Lipinski definition) is 1. The number of ether oxygens (including phenoxy) is 1. The molecule has 1 atom stereocenters. The quantitative estimate of drug-likeness (QED) is 0.769. The van der Waals surface area contributed by atoms with Crippen LogP contribution in [0.4, 0.5) is 0 Å². The van der Waals surface area contributed by atoms with Crippen LogP contribution in [0.5, 0.6) is 0 Å². The van der Waals surface area contributed by atoms with Crippen molar-refractivity contribution in [1.82, 2.24) is 10.2 Å². The van der Waals surface area contributed by atoms with E-state index in [9.17, 15) is 4.79 Å². The van der Waals surface area contributed by atoms with Crippen LogP contribution in [0.15, 0.2) is 0 Å². The molecule has 0 saturated carbocycles. The normalized spacial score (nSPS) is 19.1. The third-order valence-electron chi connectivity index (χ3n) is 3.16. The molecule has 0 aliphatic carbocycles. The Kier molecular flexibility index (Phi) is 6.97. The van der Waals surface area contributed by atoms with Crippen LogP contribution in [0.2, 0.25) is 0 Å². The van der Waals surface area contributed by atoms with E-state index in [-0.39, 0.29) is 17.4 Å². The van der Waals surface area contributed by atoms with Gasteiger partial charge in [-0.15, -0.1) is 0 Å². The molecule has 1 aliphatic heterocycles. The van der Waals surface area contributed by atoms with E-state index >= 15 is 0 Å². The number of nitrogens with one attached hydrogen (secondary N) is 1. The van der Waals surface area contributed by atoms with Crippen molar-refractivity contribution in [3.63, 3.8) is 0 Å². The van der Waals surface area contributed by atoms with Crippen molar-refractivity contribution in [2.45, 2.75) is 46.1 Å². The summed E-state index contributed by atoms with van der Waals surface area (Å²) in [6.07, 6.45) is 2.74. The molecule has 5 heteroatoms. The summed E-state index contributed by atoms with van der Waals surface area (Å²) >= 11 is 0. The van der Waals surface area contributed by atoms with E-state index in [1.165, 1.54) is 0 Å². The minimum Gasteiger partial charge on any atom is -0.376 e. The highest BCUT2D eigenvalue weighted by Gasteiger charge is 2.20. The fourth-order valence-electron chi connectivity index (χ4n) is 2.38. The van der Waals surface area contributed by atoms with Gasteiger partial charge in [-0.25, -0.2) is 0 Å². The van der Waals surface area contributed by atoms with Gasteiger partial charge in [0.15, 0.2) is 0 Å². The molecule has 0 bridgehead atoms. The lowest BCUT2D eigenvalue weighted by atomic mass is 9.96. The van der Waals surface area contributed by atoms with E-state index in [0.29, 0.717) is 26.1 Å². The second-order valence-corrected chi connectivity index (χ2v) is 6.62. The van der Waals surface area contributed by atoms with Crippen molar-refractivity contribution < 1.29 is 9.53 Å². The van der Waals surface area contributed by atoms with Crippen molar-refractivity contribution in [1.29, 1.82) is 5.26 Å². The van der Waals surface area contributed by atoms with Crippen LogP contribution in [0.3, 0.4) is 0 Å². The Balaban J connectivity index is 2.34. The summed E-state index contributed by atoms with van der Waals surface area (Å²) in [5.74, 6) is 0.0164. The molecule has 114 valence electrons. The Hall–Kier alpha value is -1.12. The molecule has 0 radical (unpaired) electrons. The minimum atomic E-state index is 0.0164. The molecule has 1 aliphatic rings. The highest BCUT2D eigenvalue weighted by molar-refractivity contribution is 5.78. The highest BCUT2D eigenvalue weighted by atomic mass is 16.5. The average Bonchev–Trinajstić information content (AvgIpc) is 2.84. The van der Waals surface area contributed by atoms with Gasteiger partial charge in [0.2, 0.25) is 5.91 Å². The zero-order valence-electron chi connectivity index (χ0n) is 12.9. The summed E-state index contributed by atoms with van der Waals surface area (Å²) < 4.78 is 5.48. The van der Waals surface area contributed by atoms with Crippen LogP contribution in [-0.4, -0.2) is 49.7 Å². The molecule has 0 aromatic carbocycles. The summed E-state index contributed by atoms with van der Waals surface area (Å²) in [5.41, 5.74) is 0.115. The number of amides is 1. The number of nitriles is 1. The van der Waals surface area contributed by atoms with Crippen LogP contribution < -0.4 is 5.32 Å². The standard InChI is InChI=1S/C15H27N3O2/c1-15(2,3)12-18(8-5-7-16)11-14(19)17-10-13-6-4-9-20-13/h13H,4-6,8-12H2,1-3H3,(H,17,19). The van der Waals surface area contributed by atoms with Gasteiger partial charge in [0.25, 0.3) is 0 Å². The molecule has 0 aromatic rings. The van der Waals surface area contributed by atoms with Gasteiger partial charge in [0.1, 0.15) is 0 Å². The van der Waals surface area contributed by atoms with Crippen molar-refractivity contribution in [3.05, 3.63) is 0 Å². The fraction of sp³-hybridized carbons (Fsp3) is 0.867. The van der Waals surface area contributed by atoms with Gasteiger partial charge in [-0.1, -0.05) is 20.8 Å². The van der Waals surface area contributed by atoms with Gasteiger partial charge in [0, 0.05) is 32.7 Å². The number of nitrogens with zero attached hydrogens (tertiary/aromatic N) is 2. The lowest BCUT2D eigenvalue weighted by Gasteiger charge is -2.29. The Morgan fingerprint density at radius 3 is 2.80 bits per heavy atom. The third-order valence-corrected chi connectivity index (χ3v) is 3.16. The second kappa shape index (κ2) is 8.23. The largest absolute Gasteiger partial charge is 0.376 e. The van der Waals surface area contributed by atoms with Crippen molar-refractivity contribution in [2.75, 3.05) is 32.8 Å². The van der Waals surface area contributed by atoms with E-state index < -0.39 is 0 Å². The SMILES string of the molecule is CC(C)(C)CN(CCC#N)CC(=O)NCC1CCCO1. The lowest BCUT2D eigenvalue weighted by molar-refractivity contribution is -0.123. The van der Waals surface area contributed by atoms with Crippen LogP contribution in [0.25, 0.3) is 0 Å². The first kappa shape index (κ1) is 16.9. The molecule has 1 amide bonds. The minimum absolute atomic E-state index is 0.0164. The monoisotopic (exact) mass is 281 g/mol. The summed E-state index contributed by atoms with van der Waals surface area (Å²) in [6, 6.07) is 2.14. The number of rotatable bonds is 7. The maximum Gasteiger partial charge on any atom is 0.234 e.